The van der Waals surface area contributed by atoms with Crippen LogP contribution in [0.4, 0.5) is 0 Å². The first-order valence-corrected chi connectivity index (χ1v) is 7.29. The van der Waals surface area contributed by atoms with Crippen LogP contribution in [0.15, 0.2) is 30.5 Å². The predicted octanol–water partition coefficient (Wildman–Crippen LogP) is 2.83. The molecule has 20 heavy (non-hydrogen) atoms. The standard InChI is InChI=1S/C16H20N2O2/c19-16(20)14-6-3-5-13-7-12-18(15(13)14)11-4-10-17-8-1-2-9-17/h3,5-7,12H,1-2,4,8-11H2,(H,19,20). The normalized spacial score (nSPS) is 16.0. The largest absolute Gasteiger partial charge is 0.478 e. The minimum Gasteiger partial charge on any atom is -0.478 e. The lowest BCUT2D eigenvalue weighted by Gasteiger charge is -2.15. The molecular formula is C16H20N2O2. The van der Waals surface area contributed by atoms with Gasteiger partial charge in [0.1, 0.15) is 0 Å². The zero-order chi connectivity index (χ0) is 13.9. The first-order chi connectivity index (χ1) is 9.75. The van der Waals surface area contributed by atoms with Crippen molar-refractivity contribution in [1.82, 2.24) is 9.47 Å². The minimum atomic E-state index is -0.852. The molecule has 0 bridgehead atoms. The summed E-state index contributed by atoms with van der Waals surface area (Å²) in [5.74, 6) is -0.852. The number of aromatic carboxylic acids is 1. The Morgan fingerprint density at radius 3 is 2.70 bits per heavy atom. The highest BCUT2D eigenvalue weighted by Gasteiger charge is 2.13. The van der Waals surface area contributed by atoms with Gasteiger partial charge in [0.05, 0.1) is 11.1 Å². The van der Waals surface area contributed by atoms with Gasteiger partial charge in [-0.15, -0.1) is 0 Å². The van der Waals surface area contributed by atoms with Crippen LogP contribution in [0.2, 0.25) is 0 Å². The van der Waals surface area contributed by atoms with E-state index >= 15 is 0 Å². The second-order valence-corrected chi connectivity index (χ2v) is 5.46. The van der Waals surface area contributed by atoms with E-state index in [9.17, 15) is 9.90 Å². The van der Waals surface area contributed by atoms with Crippen molar-refractivity contribution in [2.45, 2.75) is 25.8 Å². The smallest absolute Gasteiger partial charge is 0.337 e. The first-order valence-electron chi connectivity index (χ1n) is 7.29. The molecule has 1 aromatic carbocycles. The Morgan fingerprint density at radius 1 is 1.15 bits per heavy atom. The van der Waals surface area contributed by atoms with Crippen molar-refractivity contribution in [3.8, 4) is 0 Å². The highest BCUT2D eigenvalue weighted by molar-refractivity contribution is 6.02. The van der Waals surface area contributed by atoms with Gasteiger partial charge in [0.2, 0.25) is 0 Å². The number of hydrogen-bond acceptors (Lipinski definition) is 2. The van der Waals surface area contributed by atoms with Crippen LogP contribution < -0.4 is 0 Å². The van der Waals surface area contributed by atoms with Crippen LogP contribution in [-0.2, 0) is 6.54 Å². The minimum absolute atomic E-state index is 0.397. The number of carboxylic acid groups (broad SMARTS) is 1. The Bertz CT molecular complexity index is 612. The number of benzene rings is 1. The van der Waals surface area contributed by atoms with Crippen molar-refractivity contribution in [3.63, 3.8) is 0 Å². The molecule has 4 nitrogen and oxygen atoms in total. The van der Waals surface area contributed by atoms with Gasteiger partial charge in [-0.1, -0.05) is 12.1 Å². The number of carboxylic acids is 1. The van der Waals surface area contributed by atoms with Crippen molar-refractivity contribution in [2.24, 2.45) is 0 Å². The maximum atomic E-state index is 11.3. The average molecular weight is 272 g/mol. The van der Waals surface area contributed by atoms with Gasteiger partial charge in [0.25, 0.3) is 0 Å². The highest BCUT2D eigenvalue weighted by atomic mass is 16.4. The van der Waals surface area contributed by atoms with E-state index in [1.807, 2.05) is 18.3 Å². The molecule has 2 heterocycles. The van der Waals surface area contributed by atoms with Gasteiger partial charge < -0.3 is 14.6 Å². The van der Waals surface area contributed by atoms with Crippen molar-refractivity contribution >= 4 is 16.9 Å². The molecule has 0 saturated carbocycles. The van der Waals surface area contributed by atoms with E-state index in [0.29, 0.717) is 5.56 Å². The van der Waals surface area contributed by atoms with Crippen molar-refractivity contribution in [1.29, 1.82) is 0 Å². The topological polar surface area (TPSA) is 45.5 Å². The summed E-state index contributed by atoms with van der Waals surface area (Å²) in [6.45, 7) is 4.42. The molecule has 0 unspecified atom stereocenters. The van der Waals surface area contributed by atoms with E-state index < -0.39 is 5.97 Å². The number of carbonyl (C=O) groups is 1. The fourth-order valence-electron chi connectivity index (χ4n) is 3.09. The molecule has 1 aliphatic heterocycles. The summed E-state index contributed by atoms with van der Waals surface area (Å²) < 4.78 is 2.08. The number of aromatic nitrogens is 1. The van der Waals surface area contributed by atoms with E-state index in [1.165, 1.54) is 25.9 Å². The fraction of sp³-hybridized carbons (Fsp3) is 0.438. The summed E-state index contributed by atoms with van der Waals surface area (Å²) in [5.41, 5.74) is 1.25. The molecule has 0 atom stereocenters. The first kappa shape index (κ1) is 13.2. The fourth-order valence-corrected chi connectivity index (χ4v) is 3.09. The summed E-state index contributed by atoms with van der Waals surface area (Å²) in [6, 6.07) is 7.46. The highest BCUT2D eigenvalue weighted by Crippen LogP contribution is 2.21. The molecule has 0 aliphatic carbocycles. The van der Waals surface area contributed by atoms with Crippen molar-refractivity contribution < 1.29 is 9.90 Å². The van der Waals surface area contributed by atoms with E-state index in [-0.39, 0.29) is 0 Å². The second kappa shape index (κ2) is 5.67. The van der Waals surface area contributed by atoms with Gasteiger partial charge in [-0.25, -0.2) is 4.79 Å². The van der Waals surface area contributed by atoms with Crippen LogP contribution in [0.3, 0.4) is 0 Å². The molecule has 2 aromatic rings. The molecule has 106 valence electrons. The lowest BCUT2D eigenvalue weighted by Crippen LogP contribution is -2.21. The van der Waals surface area contributed by atoms with Gasteiger partial charge in [-0.05, 0) is 51.0 Å². The maximum Gasteiger partial charge on any atom is 0.337 e. The number of aryl methyl sites for hydroxylation is 1. The molecule has 0 amide bonds. The lowest BCUT2D eigenvalue weighted by atomic mass is 10.1. The van der Waals surface area contributed by atoms with Gasteiger partial charge in [0.15, 0.2) is 0 Å². The van der Waals surface area contributed by atoms with Crippen molar-refractivity contribution in [2.75, 3.05) is 19.6 Å². The molecule has 4 heteroatoms. The molecule has 1 N–H and O–H groups in total. The molecule has 1 saturated heterocycles. The van der Waals surface area contributed by atoms with Crippen LogP contribution in [-0.4, -0.2) is 40.2 Å². The molecule has 1 aromatic heterocycles. The van der Waals surface area contributed by atoms with Crippen LogP contribution in [0.25, 0.3) is 10.9 Å². The van der Waals surface area contributed by atoms with Crippen molar-refractivity contribution in [3.05, 3.63) is 36.0 Å². The van der Waals surface area contributed by atoms with Gasteiger partial charge >= 0.3 is 5.97 Å². The second-order valence-electron chi connectivity index (χ2n) is 5.46. The van der Waals surface area contributed by atoms with Crippen LogP contribution in [0.1, 0.15) is 29.6 Å². The molecule has 1 aliphatic rings. The lowest BCUT2D eigenvalue weighted by molar-refractivity contribution is 0.0698. The Kier molecular flexibility index (Phi) is 3.74. The summed E-state index contributed by atoms with van der Waals surface area (Å²) >= 11 is 0. The van der Waals surface area contributed by atoms with E-state index in [0.717, 1.165) is 30.4 Å². The number of hydrogen-bond donors (Lipinski definition) is 1. The number of para-hydroxylation sites is 1. The Labute approximate surface area is 118 Å². The molecule has 0 spiro atoms. The summed E-state index contributed by atoms with van der Waals surface area (Å²) in [4.78, 5) is 13.8. The van der Waals surface area contributed by atoms with Crippen LogP contribution in [0.5, 0.6) is 0 Å². The quantitative estimate of drug-likeness (QED) is 0.910. The van der Waals surface area contributed by atoms with E-state index in [2.05, 4.69) is 9.47 Å². The number of nitrogens with zero attached hydrogens (tertiary/aromatic N) is 2. The molecule has 0 radical (unpaired) electrons. The SMILES string of the molecule is O=C(O)c1cccc2ccn(CCCN3CCCC3)c12. The Hall–Kier alpha value is -1.81. The zero-order valence-corrected chi connectivity index (χ0v) is 11.6. The molecule has 1 fully saturated rings. The van der Waals surface area contributed by atoms with Crippen LogP contribution >= 0.6 is 0 Å². The summed E-state index contributed by atoms with van der Waals surface area (Å²) in [6.07, 6.45) is 5.70. The summed E-state index contributed by atoms with van der Waals surface area (Å²) in [7, 11) is 0. The zero-order valence-electron chi connectivity index (χ0n) is 11.6. The van der Waals surface area contributed by atoms with Gasteiger partial charge in [-0.3, -0.25) is 0 Å². The third kappa shape index (κ3) is 2.56. The van der Waals surface area contributed by atoms with Crippen LogP contribution in [0, 0.1) is 0 Å². The van der Waals surface area contributed by atoms with Gasteiger partial charge in [-0.2, -0.15) is 0 Å². The van der Waals surface area contributed by atoms with E-state index in [4.69, 9.17) is 0 Å². The summed E-state index contributed by atoms with van der Waals surface area (Å²) in [5, 5.41) is 10.3. The Balaban J connectivity index is 1.75. The monoisotopic (exact) mass is 272 g/mol. The number of rotatable bonds is 5. The third-order valence-corrected chi connectivity index (χ3v) is 4.09. The third-order valence-electron chi connectivity index (χ3n) is 4.09. The van der Waals surface area contributed by atoms with E-state index in [1.54, 1.807) is 12.1 Å². The van der Waals surface area contributed by atoms with Gasteiger partial charge in [0, 0.05) is 18.1 Å². The average Bonchev–Trinajstić information content (AvgIpc) is 3.08. The number of fused-ring (bicyclic) bond motifs is 1. The maximum absolute atomic E-state index is 11.3. The Morgan fingerprint density at radius 2 is 1.95 bits per heavy atom. The molecule has 3 rings (SSSR count). The number of likely N-dealkylation sites (tertiary alicyclic amines) is 1. The predicted molar refractivity (Wildman–Crippen MR) is 79.2 cm³/mol. The molecular weight excluding hydrogens is 252 g/mol.